The highest BCUT2D eigenvalue weighted by atomic mass is 16.6. The van der Waals surface area contributed by atoms with Gasteiger partial charge < -0.3 is 14.6 Å². The molecule has 108 valence electrons. The molecule has 4 atom stereocenters. The van der Waals surface area contributed by atoms with E-state index in [9.17, 15) is 5.11 Å². The predicted molar refractivity (Wildman–Crippen MR) is 75.9 cm³/mol. The van der Waals surface area contributed by atoms with Crippen LogP contribution >= 0.6 is 0 Å². The van der Waals surface area contributed by atoms with E-state index in [1.54, 1.807) is 0 Å². The van der Waals surface area contributed by atoms with Crippen molar-refractivity contribution < 1.29 is 14.6 Å². The van der Waals surface area contributed by atoms with Crippen molar-refractivity contribution in [1.29, 1.82) is 0 Å². The molecular formula is C17H22O3. The van der Waals surface area contributed by atoms with E-state index < -0.39 is 6.10 Å². The third-order valence-electron chi connectivity index (χ3n) is 5.37. The molecule has 3 heteroatoms. The highest BCUT2D eigenvalue weighted by molar-refractivity contribution is 5.48. The zero-order valence-electron chi connectivity index (χ0n) is 11.8. The third kappa shape index (κ3) is 2.08. The van der Waals surface area contributed by atoms with Crippen molar-refractivity contribution in [1.82, 2.24) is 0 Å². The SMILES string of the molecule is OC(CC1CC2CCC1C2)c1cccc2c1OCCO2. The molecular weight excluding hydrogens is 252 g/mol. The number of hydrogen-bond acceptors (Lipinski definition) is 3. The summed E-state index contributed by atoms with van der Waals surface area (Å²) in [6.45, 7) is 1.17. The number of benzene rings is 1. The van der Waals surface area contributed by atoms with Crippen molar-refractivity contribution in [2.75, 3.05) is 13.2 Å². The number of fused-ring (bicyclic) bond motifs is 3. The van der Waals surface area contributed by atoms with Gasteiger partial charge in [-0.2, -0.15) is 0 Å². The summed E-state index contributed by atoms with van der Waals surface area (Å²) in [4.78, 5) is 0. The first-order valence-electron chi connectivity index (χ1n) is 7.88. The second kappa shape index (κ2) is 4.96. The summed E-state index contributed by atoms with van der Waals surface area (Å²) in [6, 6.07) is 5.85. The van der Waals surface area contributed by atoms with E-state index in [-0.39, 0.29) is 0 Å². The van der Waals surface area contributed by atoms with Crippen LogP contribution in [0.2, 0.25) is 0 Å². The highest BCUT2D eigenvalue weighted by Gasteiger charge is 2.40. The van der Waals surface area contributed by atoms with Crippen molar-refractivity contribution in [2.24, 2.45) is 17.8 Å². The molecule has 2 bridgehead atoms. The number of aliphatic hydroxyl groups is 1. The van der Waals surface area contributed by atoms with Crippen LogP contribution in [0.25, 0.3) is 0 Å². The second-order valence-electron chi connectivity index (χ2n) is 6.56. The molecule has 20 heavy (non-hydrogen) atoms. The molecule has 2 aliphatic carbocycles. The fourth-order valence-electron chi connectivity index (χ4n) is 4.44. The van der Waals surface area contributed by atoms with Gasteiger partial charge in [0.1, 0.15) is 13.2 Å². The maximum absolute atomic E-state index is 10.6. The largest absolute Gasteiger partial charge is 0.486 e. The maximum Gasteiger partial charge on any atom is 0.167 e. The van der Waals surface area contributed by atoms with Crippen molar-refractivity contribution >= 4 is 0 Å². The van der Waals surface area contributed by atoms with Crippen molar-refractivity contribution in [2.45, 2.75) is 38.2 Å². The summed E-state index contributed by atoms with van der Waals surface area (Å²) in [5.41, 5.74) is 0.907. The summed E-state index contributed by atoms with van der Waals surface area (Å²) in [5, 5.41) is 10.6. The minimum absolute atomic E-state index is 0.420. The summed E-state index contributed by atoms with van der Waals surface area (Å²) >= 11 is 0. The van der Waals surface area contributed by atoms with E-state index in [0.717, 1.165) is 35.3 Å². The summed E-state index contributed by atoms with van der Waals surface area (Å²) in [7, 11) is 0. The Labute approximate surface area is 119 Å². The zero-order chi connectivity index (χ0) is 13.5. The standard InChI is InChI=1S/C17H22O3/c18-15(10-13-9-11-4-5-12(13)8-11)14-2-1-3-16-17(14)20-7-6-19-16/h1-3,11-13,15,18H,4-10H2. The molecule has 3 aliphatic rings. The molecule has 4 unspecified atom stereocenters. The zero-order valence-corrected chi connectivity index (χ0v) is 11.8. The summed E-state index contributed by atoms with van der Waals surface area (Å²) in [5.74, 6) is 4.02. The van der Waals surface area contributed by atoms with Gasteiger partial charge >= 0.3 is 0 Å². The average molecular weight is 274 g/mol. The fourth-order valence-corrected chi connectivity index (χ4v) is 4.44. The Balaban J connectivity index is 1.52. The van der Waals surface area contributed by atoms with Crippen LogP contribution < -0.4 is 9.47 Å². The molecule has 1 N–H and O–H groups in total. The molecule has 2 saturated carbocycles. The third-order valence-corrected chi connectivity index (χ3v) is 5.37. The first kappa shape index (κ1) is 12.5. The Bertz CT molecular complexity index is 499. The van der Waals surface area contributed by atoms with Crippen LogP contribution in [0.15, 0.2) is 18.2 Å². The van der Waals surface area contributed by atoms with Crippen LogP contribution in [-0.4, -0.2) is 18.3 Å². The van der Waals surface area contributed by atoms with Gasteiger partial charge in [0.25, 0.3) is 0 Å². The van der Waals surface area contributed by atoms with Crippen LogP contribution in [-0.2, 0) is 0 Å². The molecule has 0 radical (unpaired) electrons. The topological polar surface area (TPSA) is 38.7 Å². The Morgan fingerprint density at radius 2 is 2.05 bits per heavy atom. The first-order valence-corrected chi connectivity index (χ1v) is 7.88. The van der Waals surface area contributed by atoms with Crippen LogP contribution in [0.3, 0.4) is 0 Å². The lowest BCUT2D eigenvalue weighted by Crippen LogP contribution is -2.19. The molecule has 2 fully saturated rings. The van der Waals surface area contributed by atoms with Crippen LogP contribution in [0.5, 0.6) is 11.5 Å². The van der Waals surface area contributed by atoms with Gasteiger partial charge in [0.2, 0.25) is 0 Å². The highest BCUT2D eigenvalue weighted by Crippen LogP contribution is 2.51. The fraction of sp³-hybridized carbons (Fsp3) is 0.647. The van der Waals surface area contributed by atoms with E-state index in [1.165, 1.54) is 25.7 Å². The number of para-hydroxylation sites is 1. The minimum atomic E-state index is -0.420. The van der Waals surface area contributed by atoms with Gasteiger partial charge in [-0.25, -0.2) is 0 Å². The first-order chi connectivity index (χ1) is 9.81. The average Bonchev–Trinajstić information content (AvgIpc) is 3.09. The molecule has 1 aromatic rings. The van der Waals surface area contributed by atoms with Gasteiger partial charge in [-0.05, 0) is 49.5 Å². The van der Waals surface area contributed by atoms with E-state index >= 15 is 0 Å². The number of hydrogen-bond donors (Lipinski definition) is 1. The van der Waals surface area contributed by atoms with Gasteiger partial charge in [0.05, 0.1) is 6.10 Å². The molecule has 3 nitrogen and oxygen atoms in total. The molecule has 1 aliphatic heterocycles. The lowest BCUT2D eigenvalue weighted by atomic mass is 9.83. The number of aliphatic hydroxyl groups excluding tert-OH is 1. The van der Waals surface area contributed by atoms with Gasteiger partial charge in [0.15, 0.2) is 11.5 Å². The van der Waals surface area contributed by atoms with Crippen molar-refractivity contribution in [3.05, 3.63) is 23.8 Å². The van der Waals surface area contributed by atoms with Gasteiger partial charge in [0, 0.05) is 5.56 Å². The van der Waals surface area contributed by atoms with Gasteiger partial charge in [-0.3, -0.25) is 0 Å². The Kier molecular flexibility index (Phi) is 3.10. The quantitative estimate of drug-likeness (QED) is 0.919. The van der Waals surface area contributed by atoms with Crippen LogP contribution in [0.1, 0.15) is 43.8 Å². The van der Waals surface area contributed by atoms with E-state index in [2.05, 4.69) is 0 Å². The maximum atomic E-state index is 10.6. The Hall–Kier alpha value is -1.22. The second-order valence-corrected chi connectivity index (χ2v) is 6.56. The van der Waals surface area contributed by atoms with E-state index in [4.69, 9.17) is 9.47 Å². The molecule has 0 spiro atoms. The molecule has 4 rings (SSSR count). The summed E-state index contributed by atoms with van der Waals surface area (Å²) < 4.78 is 11.3. The smallest absolute Gasteiger partial charge is 0.167 e. The Morgan fingerprint density at radius 3 is 2.85 bits per heavy atom. The predicted octanol–water partition coefficient (Wildman–Crippen LogP) is 3.32. The molecule has 0 saturated heterocycles. The lowest BCUT2D eigenvalue weighted by molar-refractivity contribution is 0.114. The van der Waals surface area contributed by atoms with E-state index in [0.29, 0.717) is 19.1 Å². The molecule has 1 heterocycles. The summed E-state index contributed by atoms with van der Waals surface area (Å²) in [6.07, 6.45) is 5.94. The molecule has 0 amide bonds. The minimum Gasteiger partial charge on any atom is -0.486 e. The van der Waals surface area contributed by atoms with Crippen molar-refractivity contribution in [3.63, 3.8) is 0 Å². The van der Waals surface area contributed by atoms with Crippen LogP contribution in [0.4, 0.5) is 0 Å². The van der Waals surface area contributed by atoms with Gasteiger partial charge in [-0.1, -0.05) is 18.6 Å². The lowest BCUT2D eigenvalue weighted by Gasteiger charge is -2.27. The monoisotopic (exact) mass is 274 g/mol. The van der Waals surface area contributed by atoms with Gasteiger partial charge in [-0.15, -0.1) is 0 Å². The normalized spacial score (nSPS) is 32.4. The number of ether oxygens (including phenoxy) is 2. The molecule has 0 aromatic heterocycles. The Morgan fingerprint density at radius 1 is 1.15 bits per heavy atom. The molecule has 1 aromatic carbocycles. The number of rotatable bonds is 3. The van der Waals surface area contributed by atoms with E-state index in [1.807, 2.05) is 18.2 Å². The van der Waals surface area contributed by atoms with Crippen LogP contribution in [0, 0.1) is 17.8 Å². The van der Waals surface area contributed by atoms with Crippen molar-refractivity contribution in [3.8, 4) is 11.5 Å².